The SMILES string of the molecule is O=C([O-])[O-].O=C([O-])[O-].[Co+2].[Mn+2]. The van der Waals surface area contributed by atoms with Crippen LogP contribution in [0.25, 0.3) is 0 Å². The normalized spacial score (nSPS) is 4.80. The standard InChI is InChI=1S/2CH2O3.Co.Mn/c2*2-1(3)4;;/h2*(H2,2,3,4);;/q;;2*+2/p-4. The number of carboxylic acid groups (broad SMARTS) is 4. The molecule has 0 aromatic carbocycles. The van der Waals surface area contributed by atoms with E-state index in [1.807, 2.05) is 0 Å². The Kier molecular flexibility index (Phi) is 35.9. The van der Waals surface area contributed by atoms with Crippen LogP contribution in [0.1, 0.15) is 0 Å². The van der Waals surface area contributed by atoms with E-state index < -0.39 is 12.3 Å². The van der Waals surface area contributed by atoms with E-state index in [-0.39, 0.29) is 33.8 Å². The van der Waals surface area contributed by atoms with E-state index in [1.54, 1.807) is 0 Å². The quantitative estimate of drug-likeness (QED) is 0.386. The van der Waals surface area contributed by atoms with Crippen LogP contribution in [0.4, 0.5) is 9.59 Å². The fourth-order valence-corrected chi connectivity index (χ4v) is 0. The van der Waals surface area contributed by atoms with Gasteiger partial charge in [-0.2, -0.15) is 0 Å². The van der Waals surface area contributed by atoms with Crippen molar-refractivity contribution in [1.29, 1.82) is 0 Å². The molecule has 60 valence electrons. The van der Waals surface area contributed by atoms with Gasteiger partial charge in [-0.1, -0.05) is 0 Å². The summed E-state index contributed by atoms with van der Waals surface area (Å²) in [6, 6.07) is 0. The molecule has 0 saturated carbocycles. The first-order valence-corrected chi connectivity index (χ1v) is 1.22. The summed E-state index contributed by atoms with van der Waals surface area (Å²) in [5, 5.41) is 33.3. The molecule has 0 saturated heterocycles. The molecule has 0 amide bonds. The van der Waals surface area contributed by atoms with Crippen LogP contribution in [0.3, 0.4) is 0 Å². The Morgan fingerprint density at radius 3 is 0.800 bits per heavy atom. The van der Waals surface area contributed by atoms with Gasteiger partial charge >= 0.3 is 33.8 Å². The molecule has 0 spiro atoms. The maximum Gasteiger partial charge on any atom is 2.00 e. The van der Waals surface area contributed by atoms with Crippen molar-refractivity contribution in [2.45, 2.75) is 0 Å². The average molecular weight is 234 g/mol. The maximum absolute atomic E-state index is 8.33. The predicted molar refractivity (Wildman–Crippen MR) is 10.8 cm³/mol. The van der Waals surface area contributed by atoms with Crippen LogP contribution in [0.2, 0.25) is 0 Å². The fourth-order valence-electron chi connectivity index (χ4n) is 0. The molecule has 0 aromatic rings. The Labute approximate surface area is 76.5 Å². The monoisotopic (exact) mass is 234 g/mol. The minimum atomic E-state index is -2.33. The molecule has 0 fully saturated rings. The zero-order chi connectivity index (χ0) is 7.15. The van der Waals surface area contributed by atoms with Gasteiger partial charge in [0.05, 0.1) is 0 Å². The second-order valence-electron chi connectivity index (χ2n) is 0.500. The first-order valence-electron chi connectivity index (χ1n) is 1.22. The van der Waals surface area contributed by atoms with E-state index in [4.69, 9.17) is 30.0 Å². The van der Waals surface area contributed by atoms with Gasteiger partial charge in [-0.3, -0.25) is 0 Å². The summed E-state index contributed by atoms with van der Waals surface area (Å²) in [6.07, 6.45) is -4.67. The van der Waals surface area contributed by atoms with Crippen LogP contribution in [0.15, 0.2) is 0 Å². The summed E-state index contributed by atoms with van der Waals surface area (Å²) < 4.78 is 0. The number of rotatable bonds is 0. The Morgan fingerprint density at radius 2 is 0.800 bits per heavy atom. The van der Waals surface area contributed by atoms with Gasteiger partial charge in [-0.25, -0.2) is 0 Å². The summed E-state index contributed by atoms with van der Waals surface area (Å²) in [5.74, 6) is 0. The largest absolute Gasteiger partial charge is 2.00 e. The molecule has 6 nitrogen and oxygen atoms in total. The third kappa shape index (κ3) is 1730. The van der Waals surface area contributed by atoms with Crippen LogP contribution in [-0.2, 0) is 33.8 Å². The zero-order valence-electron chi connectivity index (χ0n) is 4.16. The fraction of sp³-hybridized carbons (Fsp3) is 0. The second-order valence-corrected chi connectivity index (χ2v) is 0.500. The predicted octanol–water partition coefficient (Wildman–Crippen LogP) is -4.90. The number of carbonyl (C=O) groups excluding carboxylic acids is 2. The molecule has 0 unspecified atom stereocenters. The number of hydrogen-bond acceptors (Lipinski definition) is 6. The summed E-state index contributed by atoms with van der Waals surface area (Å²) >= 11 is 0. The van der Waals surface area contributed by atoms with Crippen molar-refractivity contribution in [3.05, 3.63) is 0 Å². The Morgan fingerprint density at radius 1 is 0.800 bits per heavy atom. The number of hydrogen-bond donors (Lipinski definition) is 0. The van der Waals surface area contributed by atoms with Crippen molar-refractivity contribution >= 4 is 12.3 Å². The maximum atomic E-state index is 8.33. The van der Waals surface area contributed by atoms with Crippen molar-refractivity contribution in [2.75, 3.05) is 0 Å². The van der Waals surface area contributed by atoms with E-state index in [0.717, 1.165) is 0 Å². The smallest absolute Gasteiger partial charge is 0.652 e. The molecule has 0 aliphatic carbocycles. The molecule has 0 heterocycles. The van der Waals surface area contributed by atoms with Crippen molar-refractivity contribution in [2.24, 2.45) is 0 Å². The summed E-state index contributed by atoms with van der Waals surface area (Å²) in [5.41, 5.74) is 0. The molecule has 10 heavy (non-hydrogen) atoms. The van der Waals surface area contributed by atoms with Gasteiger partial charge in [0.25, 0.3) is 0 Å². The van der Waals surface area contributed by atoms with Crippen molar-refractivity contribution in [3.8, 4) is 0 Å². The topological polar surface area (TPSA) is 126 Å². The molecule has 8 heteroatoms. The van der Waals surface area contributed by atoms with E-state index in [9.17, 15) is 0 Å². The van der Waals surface area contributed by atoms with Gasteiger partial charge in [0.15, 0.2) is 0 Å². The summed E-state index contributed by atoms with van der Waals surface area (Å²) in [7, 11) is 0. The van der Waals surface area contributed by atoms with Gasteiger partial charge in [-0.05, 0) is 12.3 Å². The molecule has 2 radical (unpaired) electrons. The molecule has 0 aromatic heterocycles. The Hall–Kier alpha value is -0.434. The Bertz CT molecular complexity index is 73.7. The minimum absolute atomic E-state index is 0. The average Bonchev–Trinajstić information content (AvgIpc) is 1.25. The molecule has 0 N–H and O–H groups in total. The molecule has 0 aliphatic rings. The molecule has 0 rings (SSSR count). The van der Waals surface area contributed by atoms with Gasteiger partial charge in [-0.15, -0.1) is 0 Å². The van der Waals surface area contributed by atoms with E-state index in [0.29, 0.717) is 0 Å². The van der Waals surface area contributed by atoms with Crippen molar-refractivity contribution in [1.82, 2.24) is 0 Å². The first-order chi connectivity index (χ1) is 3.46. The van der Waals surface area contributed by atoms with E-state index in [2.05, 4.69) is 0 Å². The second kappa shape index (κ2) is 15.8. The molecule has 0 bridgehead atoms. The minimum Gasteiger partial charge on any atom is -0.652 e. The molecular formula is C2CoMnO6. The Balaban J connectivity index is -0.0000000300. The van der Waals surface area contributed by atoms with Crippen LogP contribution in [0, 0.1) is 0 Å². The summed E-state index contributed by atoms with van der Waals surface area (Å²) in [4.78, 5) is 16.7. The third-order valence-corrected chi connectivity index (χ3v) is 0. The molecule has 0 aliphatic heterocycles. The van der Waals surface area contributed by atoms with E-state index >= 15 is 0 Å². The molecule has 0 atom stereocenters. The van der Waals surface area contributed by atoms with Gasteiger partial charge in [0.1, 0.15) is 0 Å². The van der Waals surface area contributed by atoms with Crippen LogP contribution < -0.4 is 20.4 Å². The number of carbonyl (C=O) groups is 2. The van der Waals surface area contributed by atoms with Crippen molar-refractivity contribution in [3.63, 3.8) is 0 Å². The van der Waals surface area contributed by atoms with Gasteiger partial charge < -0.3 is 30.0 Å². The third-order valence-electron chi connectivity index (χ3n) is 0. The van der Waals surface area contributed by atoms with Crippen LogP contribution in [-0.4, -0.2) is 12.3 Å². The van der Waals surface area contributed by atoms with Gasteiger partial charge in [0, 0.05) is 0 Å². The molecular weight excluding hydrogens is 234 g/mol. The zero-order valence-corrected chi connectivity index (χ0v) is 6.38. The van der Waals surface area contributed by atoms with E-state index in [1.165, 1.54) is 0 Å². The van der Waals surface area contributed by atoms with Crippen molar-refractivity contribution < 1.29 is 63.9 Å². The van der Waals surface area contributed by atoms with Crippen LogP contribution >= 0.6 is 0 Å². The first kappa shape index (κ1) is 22.7. The summed E-state index contributed by atoms with van der Waals surface area (Å²) in [6.45, 7) is 0. The van der Waals surface area contributed by atoms with Crippen LogP contribution in [0.5, 0.6) is 0 Å². The van der Waals surface area contributed by atoms with Gasteiger partial charge in [0.2, 0.25) is 0 Å².